The van der Waals surface area contributed by atoms with E-state index in [1.165, 1.54) is 24.0 Å². The zero-order valence-corrected chi connectivity index (χ0v) is 30.8. The highest BCUT2D eigenvalue weighted by atomic mass is 16.4. The zero-order chi connectivity index (χ0) is 35.5. The quantitative estimate of drug-likeness (QED) is 0.214. The van der Waals surface area contributed by atoms with Gasteiger partial charge in [-0.2, -0.15) is 0 Å². The van der Waals surface area contributed by atoms with E-state index in [9.17, 15) is 24.9 Å². The van der Waals surface area contributed by atoms with Crippen LogP contribution >= 0.6 is 0 Å². The van der Waals surface area contributed by atoms with Crippen molar-refractivity contribution in [1.29, 1.82) is 0 Å². The lowest BCUT2D eigenvalue weighted by Gasteiger charge is -2.49. The van der Waals surface area contributed by atoms with Crippen LogP contribution < -0.4 is 21.7 Å². The van der Waals surface area contributed by atoms with Crippen molar-refractivity contribution < 1.29 is 24.9 Å². The van der Waals surface area contributed by atoms with Crippen molar-refractivity contribution >= 4 is 12.3 Å². The summed E-state index contributed by atoms with van der Waals surface area (Å²) in [5, 5.41) is 43.4. The van der Waals surface area contributed by atoms with Crippen LogP contribution in [0.2, 0.25) is 0 Å². The van der Waals surface area contributed by atoms with Crippen LogP contribution in [0.15, 0.2) is 24.3 Å². The Morgan fingerprint density at radius 1 is 0.960 bits per heavy atom. The van der Waals surface area contributed by atoms with E-state index in [0.29, 0.717) is 43.1 Å². The van der Waals surface area contributed by atoms with Gasteiger partial charge in [0, 0.05) is 36.6 Å². The Hall–Kier alpha value is -1.88. The van der Waals surface area contributed by atoms with Crippen molar-refractivity contribution in [1.82, 2.24) is 16.0 Å². The standard InChI is InChI=1S/C41H66N4O5/c1-27-36(47)11-10-35(44-27)33-9-8-30-12-16-40(14-3-4-15-40)17-18-41(50,25-38(48)49)26-43-39(2)23-31(45-37(42)24-39)21-28-6-5-7-29(20-28)22-34(30)32(33)13-19-46/h5-7,19-20,27,30-37,43-45,47,50H,3-4,8-18,21-26,42H2,1-2H3,(H,48,49)/t27-,30-,31-,32+,33+,34+,35+,36-,37+,39-,41-/m1/s1. The molecule has 11 atom stereocenters. The first-order valence-electron chi connectivity index (χ1n) is 20.0. The largest absolute Gasteiger partial charge is 0.481 e. The molecule has 280 valence electrons. The number of piperidine rings is 2. The molecule has 8 N–H and O–H groups in total. The van der Waals surface area contributed by atoms with Crippen molar-refractivity contribution in [2.24, 2.45) is 34.8 Å². The molecule has 2 saturated carbocycles. The third kappa shape index (κ3) is 9.18. The van der Waals surface area contributed by atoms with Crippen LogP contribution in [0.25, 0.3) is 0 Å². The van der Waals surface area contributed by atoms with Gasteiger partial charge in [-0.05, 0) is 144 Å². The van der Waals surface area contributed by atoms with Crippen molar-refractivity contribution in [3.8, 4) is 0 Å². The Kier molecular flexibility index (Phi) is 12.1. The number of carbonyl (C=O) groups excluding carboxylic acids is 1. The van der Waals surface area contributed by atoms with Crippen LogP contribution in [0.1, 0.15) is 128 Å². The highest BCUT2D eigenvalue weighted by Gasteiger charge is 2.46. The fourth-order valence-electron chi connectivity index (χ4n) is 11.5. The second kappa shape index (κ2) is 16.0. The molecule has 2 aliphatic carbocycles. The maximum atomic E-state index is 12.4. The Labute approximate surface area is 300 Å². The predicted octanol–water partition coefficient (Wildman–Crippen LogP) is 4.85. The van der Waals surface area contributed by atoms with Crippen LogP contribution in [0.3, 0.4) is 0 Å². The average molecular weight is 695 g/mol. The number of fused-ring (bicyclic) bond motifs is 5. The minimum atomic E-state index is -1.33. The second-order valence-electron chi connectivity index (χ2n) is 18.0. The van der Waals surface area contributed by atoms with Gasteiger partial charge >= 0.3 is 5.97 Å². The predicted molar refractivity (Wildman–Crippen MR) is 196 cm³/mol. The van der Waals surface area contributed by atoms with Crippen molar-refractivity contribution in [3.05, 3.63) is 35.4 Å². The SMILES string of the molecule is C[C@H]1N[C@H]([C@H]2CC[C@@H]3CCC4(CCCC4)CC[C@@](O)(CC(=O)O)CN[C@]4(C)C[C@@H](Cc5cccc(c5)C[C@@H]3[C@H]2CC=O)N[C@H](N)C4)CC[C@H]1O. The van der Waals surface area contributed by atoms with Crippen LogP contribution in [-0.4, -0.2) is 75.7 Å². The molecule has 9 nitrogen and oxygen atoms in total. The van der Waals surface area contributed by atoms with E-state index in [-0.39, 0.29) is 54.2 Å². The topological polar surface area (TPSA) is 157 Å². The second-order valence-corrected chi connectivity index (χ2v) is 18.0. The third-order valence-corrected chi connectivity index (χ3v) is 14.2. The number of aliphatic hydroxyl groups is 2. The minimum Gasteiger partial charge on any atom is -0.481 e. The van der Waals surface area contributed by atoms with E-state index in [4.69, 9.17) is 5.73 Å². The van der Waals surface area contributed by atoms with E-state index < -0.39 is 11.6 Å². The lowest BCUT2D eigenvalue weighted by Crippen LogP contribution is -2.63. The summed E-state index contributed by atoms with van der Waals surface area (Å²) in [4.78, 5) is 24.5. The lowest BCUT2D eigenvalue weighted by molar-refractivity contribution is -0.143. The number of aldehydes is 1. The fraction of sp³-hybridized carbons (Fsp3) is 0.805. The highest BCUT2D eigenvalue weighted by Crippen LogP contribution is 2.52. The number of hydrogen-bond acceptors (Lipinski definition) is 8. The summed E-state index contributed by atoms with van der Waals surface area (Å²) in [6.07, 6.45) is 16.4. The van der Waals surface area contributed by atoms with Gasteiger partial charge in [-0.3, -0.25) is 10.1 Å². The van der Waals surface area contributed by atoms with Crippen LogP contribution in [0.5, 0.6) is 0 Å². The number of nitrogens with one attached hydrogen (secondary N) is 3. The summed E-state index contributed by atoms with van der Waals surface area (Å²) in [5.41, 5.74) is 7.67. The number of carboxylic acids is 1. The maximum absolute atomic E-state index is 12.4. The molecule has 3 heterocycles. The summed E-state index contributed by atoms with van der Waals surface area (Å²) in [6, 6.07) is 9.60. The van der Waals surface area contributed by atoms with E-state index >= 15 is 0 Å². The van der Waals surface area contributed by atoms with Crippen LogP contribution in [0, 0.1) is 29.1 Å². The summed E-state index contributed by atoms with van der Waals surface area (Å²) in [5.74, 6) is 0.612. The van der Waals surface area contributed by atoms with E-state index in [1.54, 1.807) is 0 Å². The summed E-state index contributed by atoms with van der Waals surface area (Å²) in [6.45, 7) is 4.50. The zero-order valence-electron chi connectivity index (χ0n) is 30.8. The molecule has 0 unspecified atom stereocenters. The number of benzene rings is 1. The number of hydrogen-bond donors (Lipinski definition) is 7. The Morgan fingerprint density at radius 2 is 1.72 bits per heavy atom. The van der Waals surface area contributed by atoms with Gasteiger partial charge in [0.1, 0.15) is 6.29 Å². The number of β-amino-alcohol motifs (C(OH)–C–C–N with tert-alkyl or cyclic N) is 1. The van der Waals surface area contributed by atoms with Gasteiger partial charge in [-0.25, -0.2) is 0 Å². The lowest BCUT2D eigenvalue weighted by atomic mass is 9.59. The van der Waals surface area contributed by atoms with Crippen molar-refractivity contribution in [3.63, 3.8) is 0 Å². The van der Waals surface area contributed by atoms with Gasteiger partial charge in [0.15, 0.2) is 0 Å². The molecule has 0 amide bonds. The smallest absolute Gasteiger partial charge is 0.306 e. The highest BCUT2D eigenvalue weighted by molar-refractivity contribution is 5.68. The molecule has 4 bridgehead atoms. The molecule has 0 radical (unpaired) electrons. The Bertz CT molecular complexity index is 1310. The van der Waals surface area contributed by atoms with Gasteiger partial charge in [0.2, 0.25) is 0 Å². The summed E-state index contributed by atoms with van der Waals surface area (Å²) >= 11 is 0. The number of carbonyl (C=O) groups is 2. The number of nitrogens with two attached hydrogens (primary N) is 1. The molecule has 1 aromatic rings. The van der Waals surface area contributed by atoms with Crippen molar-refractivity contribution in [2.45, 2.75) is 171 Å². The molecule has 2 saturated heterocycles. The van der Waals surface area contributed by atoms with Gasteiger partial charge in [-0.1, -0.05) is 37.1 Å². The van der Waals surface area contributed by atoms with E-state index in [0.717, 1.165) is 83.3 Å². The number of carboxylic acid groups (broad SMARTS) is 1. The molecule has 0 aromatic heterocycles. The molecule has 9 heteroatoms. The third-order valence-electron chi connectivity index (χ3n) is 14.2. The van der Waals surface area contributed by atoms with Gasteiger partial charge in [0.25, 0.3) is 0 Å². The van der Waals surface area contributed by atoms with Gasteiger partial charge in [-0.15, -0.1) is 0 Å². The molecule has 4 fully saturated rings. The normalized spacial score (nSPS) is 41.4. The average Bonchev–Trinajstić information content (AvgIpc) is 3.53. The van der Waals surface area contributed by atoms with Crippen molar-refractivity contribution in [2.75, 3.05) is 6.54 Å². The maximum Gasteiger partial charge on any atom is 0.306 e. The Balaban J connectivity index is 1.33. The molecular weight excluding hydrogens is 628 g/mol. The minimum absolute atomic E-state index is 0.0610. The van der Waals surface area contributed by atoms with Crippen LogP contribution in [0.4, 0.5) is 0 Å². The van der Waals surface area contributed by atoms with E-state index in [2.05, 4.69) is 54.1 Å². The molecule has 3 aliphatic heterocycles. The molecule has 50 heavy (non-hydrogen) atoms. The number of aliphatic hydroxyl groups excluding tert-OH is 1. The van der Waals surface area contributed by atoms with Gasteiger partial charge < -0.3 is 36.5 Å². The van der Waals surface area contributed by atoms with Gasteiger partial charge in [0.05, 0.1) is 24.3 Å². The molecule has 1 aromatic carbocycles. The fourth-order valence-corrected chi connectivity index (χ4v) is 11.5. The molecule has 1 spiro atoms. The molecular formula is C41H66N4O5. The first kappa shape index (κ1) is 37.9. The first-order chi connectivity index (χ1) is 23.9. The van der Waals surface area contributed by atoms with E-state index in [1.807, 2.05) is 0 Å². The van der Waals surface area contributed by atoms with Crippen LogP contribution in [-0.2, 0) is 22.4 Å². The monoisotopic (exact) mass is 695 g/mol. The number of rotatable bonds is 5. The first-order valence-corrected chi connectivity index (χ1v) is 20.0. The molecule has 6 rings (SSSR count). The summed E-state index contributed by atoms with van der Waals surface area (Å²) in [7, 11) is 0. The number of aliphatic carboxylic acids is 1. The Morgan fingerprint density at radius 3 is 2.44 bits per heavy atom. The molecule has 5 aliphatic rings. The summed E-state index contributed by atoms with van der Waals surface area (Å²) < 4.78 is 0.